The van der Waals surface area contributed by atoms with Crippen LogP contribution in [0.4, 0.5) is 0 Å². The zero-order valence-corrected chi connectivity index (χ0v) is 6.02. The molecule has 1 heterocycles. The van der Waals surface area contributed by atoms with Gasteiger partial charge >= 0.3 is 0 Å². The van der Waals surface area contributed by atoms with Crippen molar-refractivity contribution in [2.75, 3.05) is 6.54 Å². The molecule has 1 aliphatic rings. The van der Waals surface area contributed by atoms with Crippen molar-refractivity contribution in [3.63, 3.8) is 0 Å². The molecule has 0 spiro atoms. The third-order valence-corrected chi connectivity index (χ3v) is 1.07. The van der Waals surface area contributed by atoms with Gasteiger partial charge in [-0.15, -0.1) is 12.4 Å². The zero-order chi connectivity index (χ0) is 5.98. The number of carbonyl (C=O) groups excluding carboxylic acids is 1. The monoisotopic (exact) mass is 148 g/mol. The van der Waals surface area contributed by atoms with Crippen LogP contribution in [0, 0.1) is 0 Å². The normalized spacial score (nSPS) is 16.1. The van der Waals surface area contributed by atoms with Gasteiger partial charge in [0.15, 0.2) is 0 Å². The van der Waals surface area contributed by atoms with E-state index in [1.54, 1.807) is 6.21 Å². The van der Waals surface area contributed by atoms with E-state index in [0.717, 1.165) is 0 Å². The van der Waals surface area contributed by atoms with E-state index in [9.17, 15) is 4.79 Å². The van der Waals surface area contributed by atoms with Crippen LogP contribution in [0.1, 0.15) is 13.3 Å². The topological polar surface area (TPSA) is 32.7 Å². The second kappa shape index (κ2) is 3.45. The number of nitrogens with zero attached hydrogens (tertiary/aromatic N) is 2. The van der Waals surface area contributed by atoms with Gasteiger partial charge in [-0.2, -0.15) is 5.10 Å². The van der Waals surface area contributed by atoms with Crippen molar-refractivity contribution in [3.8, 4) is 0 Å². The number of hydrogen-bond donors (Lipinski definition) is 0. The quantitative estimate of drug-likeness (QED) is 0.538. The number of carbonyl (C=O) groups is 1. The lowest BCUT2D eigenvalue weighted by Gasteiger charge is -2.05. The van der Waals surface area contributed by atoms with Crippen LogP contribution in [-0.2, 0) is 4.79 Å². The first-order valence-electron chi connectivity index (χ1n) is 2.67. The molecule has 0 saturated heterocycles. The van der Waals surface area contributed by atoms with Crippen molar-refractivity contribution in [1.82, 2.24) is 5.01 Å². The van der Waals surface area contributed by atoms with Crippen molar-refractivity contribution < 1.29 is 4.79 Å². The Bertz CT molecular complexity index is 135. The van der Waals surface area contributed by atoms with Crippen molar-refractivity contribution in [1.29, 1.82) is 0 Å². The van der Waals surface area contributed by atoms with Crippen molar-refractivity contribution in [3.05, 3.63) is 0 Å². The predicted molar refractivity (Wildman–Crippen MR) is 37.7 cm³/mol. The highest BCUT2D eigenvalue weighted by Crippen LogP contribution is 1.99. The molecule has 1 amide bonds. The van der Waals surface area contributed by atoms with Crippen LogP contribution >= 0.6 is 12.4 Å². The molecule has 0 aromatic heterocycles. The predicted octanol–water partition coefficient (Wildman–Crippen LogP) is 0.646. The van der Waals surface area contributed by atoms with E-state index >= 15 is 0 Å². The van der Waals surface area contributed by atoms with E-state index in [0.29, 0.717) is 13.0 Å². The largest absolute Gasteiger partial charge is 0.273 e. The summed E-state index contributed by atoms with van der Waals surface area (Å²) in [6, 6.07) is 0. The van der Waals surface area contributed by atoms with Crippen LogP contribution in [0.15, 0.2) is 5.10 Å². The Hall–Kier alpha value is -0.570. The average Bonchev–Trinajstić information content (AvgIpc) is 2.14. The molecule has 1 aliphatic heterocycles. The summed E-state index contributed by atoms with van der Waals surface area (Å²) in [5.41, 5.74) is 0. The Kier molecular flexibility index (Phi) is 3.24. The number of rotatable bonds is 1. The van der Waals surface area contributed by atoms with Gasteiger partial charge in [0, 0.05) is 12.8 Å². The van der Waals surface area contributed by atoms with Crippen LogP contribution in [-0.4, -0.2) is 23.7 Å². The summed E-state index contributed by atoms with van der Waals surface area (Å²) in [5.74, 6) is 0.104. The molecule has 3 nitrogen and oxygen atoms in total. The summed E-state index contributed by atoms with van der Waals surface area (Å²) < 4.78 is 0. The fourth-order valence-corrected chi connectivity index (χ4v) is 0.645. The van der Waals surface area contributed by atoms with Crippen LogP contribution in [0.3, 0.4) is 0 Å². The lowest BCUT2D eigenvalue weighted by atomic mass is 10.4. The standard InChI is InChI=1S/C5H8N2O.ClH/c1-2-7-5(8)3-4-6-7;/h4H,2-3H2,1H3;1H. The molecule has 0 aromatic carbocycles. The van der Waals surface area contributed by atoms with Crippen molar-refractivity contribution in [2.24, 2.45) is 5.10 Å². The molecule has 0 aromatic rings. The SMILES string of the molecule is CCN1N=CCC1=O.Cl. The molecule has 9 heavy (non-hydrogen) atoms. The highest BCUT2D eigenvalue weighted by atomic mass is 35.5. The molecule has 0 N–H and O–H groups in total. The Balaban J connectivity index is 0.000000640. The van der Waals surface area contributed by atoms with Crippen LogP contribution in [0.2, 0.25) is 0 Å². The number of hydrazone groups is 1. The van der Waals surface area contributed by atoms with Gasteiger partial charge in [-0.05, 0) is 6.92 Å². The second-order valence-electron chi connectivity index (χ2n) is 1.61. The molecule has 0 radical (unpaired) electrons. The molecule has 0 saturated carbocycles. The van der Waals surface area contributed by atoms with Crippen LogP contribution in [0.5, 0.6) is 0 Å². The second-order valence-corrected chi connectivity index (χ2v) is 1.61. The van der Waals surface area contributed by atoms with E-state index in [-0.39, 0.29) is 18.3 Å². The highest BCUT2D eigenvalue weighted by molar-refractivity contribution is 5.93. The van der Waals surface area contributed by atoms with Gasteiger partial charge in [0.25, 0.3) is 0 Å². The smallest absolute Gasteiger partial charge is 0.248 e. The molecule has 0 aliphatic carbocycles. The molecule has 0 atom stereocenters. The molecule has 1 rings (SSSR count). The molecule has 0 unspecified atom stereocenters. The number of amides is 1. The minimum Gasteiger partial charge on any atom is -0.273 e. The first-order valence-corrected chi connectivity index (χ1v) is 2.67. The summed E-state index contributed by atoms with van der Waals surface area (Å²) in [4.78, 5) is 10.6. The fraction of sp³-hybridized carbons (Fsp3) is 0.600. The summed E-state index contributed by atoms with van der Waals surface area (Å²) in [6.45, 7) is 2.59. The lowest BCUT2D eigenvalue weighted by molar-refractivity contribution is -0.128. The summed E-state index contributed by atoms with van der Waals surface area (Å²) in [5, 5.41) is 5.25. The van der Waals surface area contributed by atoms with E-state index < -0.39 is 0 Å². The Morgan fingerprint density at radius 1 is 1.89 bits per heavy atom. The first-order chi connectivity index (χ1) is 3.84. The van der Waals surface area contributed by atoms with E-state index in [4.69, 9.17) is 0 Å². The van der Waals surface area contributed by atoms with Gasteiger partial charge in [0.05, 0.1) is 6.42 Å². The summed E-state index contributed by atoms with van der Waals surface area (Å²) in [6.07, 6.45) is 2.11. The highest BCUT2D eigenvalue weighted by Gasteiger charge is 2.12. The maximum atomic E-state index is 10.6. The van der Waals surface area contributed by atoms with Gasteiger partial charge in [-0.3, -0.25) is 4.79 Å². The molecular formula is C5H9ClN2O. The van der Waals surface area contributed by atoms with Crippen molar-refractivity contribution in [2.45, 2.75) is 13.3 Å². The minimum atomic E-state index is 0. The van der Waals surface area contributed by atoms with E-state index in [2.05, 4.69) is 5.10 Å². The van der Waals surface area contributed by atoms with Gasteiger partial charge in [0.2, 0.25) is 5.91 Å². The first kappa shape index (κ1) is 8.43. The maximum Gasteiger partial charge on any atom is 0.248 e. The minimum absolute atomic E-state index is 0. The van der Waals surface area contributed by atoms with Gasteiger partial charge in [0.1, 0.15) is 0 Å². The Morgan fingerprint density at radius 3 is 2.78 bits per heavy atom. The number of halogens is 1. The van der Waals surface area contributed by atoms with E-state index in [1.807, 2.05) is 6.92 Å². The molecule has 0 bridgehead atoms. The Morgan fingerprint density at radius 2 is 2.56 bits per heavy atom. The van der Waals surface area contributed by atoms with Crippen molar-refractivity contribution >= 4 is 24.5 Å². The third-order valence-electron chi connectivity index (χ3n) is 1.07. The molecule has 4 heteroatoms. The zero-order valence-electron chi connectivity index (χ0n) is 5.20. The third kappa shape index (κ3) is 1.68. The maximum absolute atomic E-state index is 10.6. The van der Waals surface area contributed by atoms with Gasteiger partial charge < -0.3 is 0 Å². The molecular weight excluding hydrogens is 140 g/mol. The van der Waals surface area contributed by atoms with Crippen LogP contribution in [0.25, 0.3) is 0 Å². The molecule has 0 fully saturated rings. The Labute approximate surface area is 60.1 Å². The fourth-order valence-electron chi connectivity index (χ4n) is 0.645. The van der Waals surface area contributed by atoms with E-state index in [1.165, 1.54) is 5.01 Å². The van der Waals surface area contributed by atoms with Gasteiger partial charge in [-0.25, -0.2) is 5.01 Å². The average molecular weight is 149 g/mol. The van der Waals surface area contributed by atoms with Crippen LogP contribution < -0.4 is 0 Å². The number of hydrogen-bond acceptors (Lipinski definition) is 2. The lowest BCUT2D eigenvalue weighted by Crippen LogP contribution is -2.19. The summed E-state index contributed by atoms with van der Waals surface area (Å²) in [7, 11) is 0. The summed E-state index contributed by atoms with van der Waals surface area (Å²) >= 11 is 0. The van der Waals surface area contributed by atoms with Gasteiger partial charge in [-0.1, -0.05) is 0 Å². The molecule has 52 valence electrons.